The Kier molecular flexibility index (Phi) is 7.50. The van der Waals surface area contributed by atoms with Crippen LogP contribution in [0.3, 0.4) is 0 Å². The summed E-state index contributed by atoms with van der Waals surface area (Å²) in [5.74, 6) is 0.706. The zero-order valence-corrected chi connectivity index (χ0v) is 19.5. The van der Waals surface area contributed by atoms with Gasteiger partial charge in [0.25, 0.3) is 0 Å². The lowest BCUT2D eigenvalue weighted by Gasteiger charge is -2.13. The first-order chi connectivity index (χ1) is 14.4. The Morgan fingerprint density at radius 3 is 2.77 bits per heavy atom. The second kappa shape index (κ2) is 10.1. The topological polar surface area (TPSA) is 62.7 Å². The summed E-state index contributed by atoms with van der Waals surface area (Å²) in [6.45, 7) is 8.94. The summed E-state index contributed by atoms with van der Waals surface area (Å²) in [5.41, 5.74) is 4.05. The summed E-state index contributed by atoms with van der Waals surface area (Å²) in [7, 11) is 0. The third kappa shape index (κ3) is 5.61. The molecule has 1 amide bonds. The minimum atomic E-state index is -0.0429. The van der Waals surface area contributed by atoms with Crippen LogP contribution in [0.25, 0.3) is 11.4 Å². The highest BCUT2D eigenvalue weighted by molar-refractivity contribution is 7.99. The van der Waals surface area contributed by atoms with Crippen molar-refractivity contribution in [1.82, 2.24) is 14.8 Å². The van der Waals surface area contributed by atoms with E-state index in [9.17, 15) is 4.79 Å². The average molecular weight is 441 g/mol. The van der Waals surface area contributed by atoms with Crippen molar-refractivity contribution in [1.29, 1.82) is 0 Å². The highest BCUT2D eigenvalue weighted by Gasteiger charge is 2.12. The zero-order chi connectivity index (χ0) is 21.7. The molecule has 0 saturated carbocycles. The van der Waals surface area contributed by atoms with Gasteiger partial charge in [-0.3, -0.25) is 14.5 Å². The molecule has 1 unspecified atom stereocenters. The van der Waals surface area contributed by atoms with Crippen LogP contribution in [0.15, 0.2) is 47.4 Å². The van der Waals surface area contributed by atoms with E-state index in [1.807, 2.05) is 54.4 Å². The number of carbonyl (C=O) groups is 1. The fraction of sp³-hybridized carbons (Fsp3) is 0.348. The van der Waals surface area contributed by atoms with Gasteiger partial charge < -0.3 is 5.32 Å². The minimum absolute atomic E-state index is 0.0429. The van der Waals surface area contributed by atoms with Crippen LogP contribution in [0.5, 0.6) is 0 Å². The van der Waals surface area contributed by atoms with E-state index < -0.39 is 0 Å². The molecule has 0 spiro atoms. The van der Waals surface area contributed by atoms with Crippen LogP contribution < -0.4 is 5.32 Å². The molecule has 3 aromatic rings. The number of aromatic amines is 1. The van der Waals surface area contributed by atoms with E-state index in [4.69, 9.17) is 12.2 Å². The molecule has 0 radical (unpaired) electrons. The molecule has 3 rings (SSSR count). The molecule has 0 aliphatic carbocycles. The molecule has 2 N–H and O–H groups in total. The number of benzene rings is 2. The van der Waals surface area contributed by atoms with Crippen LogP contribution in [0, 0.1) is 18.6 Å². The SMILES string of the molecule is CCC(C)Sc1ccc(NC(=O)CCn2c(-c3cccc(C)c3)n[nH]c2=S)c(C)c1. The van der Waals surface area contributed by atoms with Crippen molar-refractivity contribution in [2.24, 2.45) is 0 Å². The Hall–Kier alpha value is -2.38. The van der Waals surface area contributed by atoms with Gasteiger partial charge in [-0.15, -0.1) is 11.8 Å². The maximum absolute atomic E-state index is 12.6. The number of amides is 1. The quantitative estimate of drug-likeness (QED) is 0.326. The lowest BCUT2D eigenvalue weighted by atomic mass is 10.1. The Labute approximate surface area is 187 Å². The molecule has 2 aromatic carbocycles. The highest BCUT2D eigenvalue weighted by Crippen LogP contribution is 2.28. The number of nitrogens with zero attached hydrogens (tertiary/aromatic N) is 2. The van der Waals surface area contributed by atoms with Crippen LogP contribution in [-0.4, -0.2) is 25.9 Å². The number of rotatable bonds is 8. The van der Waals surface area contributed by atoms with Crippen molar-refractivity contribution < 1.29 is 4.79 Å². The fourth-order valence-electron chi connectivity index (χ4n) is 3.12. The predicted molar refractivity (Wildman–Crippen MR) is 128 cm³/mol. The zero-order valence-electron chi connectivity index (χ0n) is 17.9. The second-order valence-electron chi connectivity index (χ2n) is 7.49. The second-order valence-corrected chi connectivity index (χ2v) is 9.38. The van der Waals surface area contributed by atoms with Crippen molar-refractivity contribution in [2.45, 2.75) is 57.2 Å². The molecule has 1 atom stereocenters. The monoisotopic (exact) mass is 440 g/mol. The molecule has 0 saturated heterocycles. The van der Waals surface area contributed by atoms with Gasteiger partial charge in [-0.2, -0.15) is 5.10 Å². The molecular weight excluding hydrogens is 412 g/mol. The van der Waals surface area contributed by atoms with Crippen LogP contribution in [0.2, 0.25) is 0 Å². The molecule has 7 heteroatoms. The molecule has 5 nitrogen and oxygen atoms in total. The number of carbonyl (C=O) groups excluding carboxylic acids is 1. The third-order valence-corrected chi connectivity index (χ3v) is 6.55. The number of nitrogens with one attached hydrogen (secondary N) is 2. The molecule has 1 aromatic heterocycles. The first-order valence-electron chi connectivity index (χ1n) is 10.2. The van der Waals surface area contributed by atoms with Gasteiger partial charge in [-0.25, -0.2) is 0 Å². The molecule has 1 heterocycles. The summed E-state index contributed by atoms with van der Waals surface area (Å²) in [6.07, 6.45) is 1.44. The van der Waals surface area contributed by atoms with E-state index in [1.165, 1.54) is 4.90 Å². The number of H-pyrrole nitrogens is 1. The van der Waals surface area contributed by atoms with Gasteiger partial charge in [-0.1, -0.05) is 37.6 Å². The normalized spacial score (nSPS) is 12.0. The van der Waals surface area contributed by atoms with Gasteiger partial charge >= 0.3 is 0 Å². The Morgan fingerprint density at radius 2 is 2.07 bits per heavy atom. The van der Waals surface area contributed by atoms with E-state index in [-0.39, 0.29) is 5.91 Å². The average Bonchev–Trinajstić information content (AvgIpc) is 3.09. The summed E-state index contributed by atoms with van der Waals surface area (Å²) in [6, 6.07) is 14.3. The largest absolute Gasteiger partial charge is 0.326 e. The first-order valence-corrected chi connectivity index (χ1v) is 11.5. The van der Waals surface area contributed by atoms with E-state index in [1.54, 1.807) is 0 Å². The van der Waals surface area contributed by atoms with Crippen LogP contribution >= 0.6 is 24.0 Å². The van der Waals surface area contributed by atoms with E-state index in [0.29, 0.717) is 23.0 Å². The molecule has 0 fully saturated rings. The van der Waals surface area contributed by atoms with Crippen molar-refractivity contribution in [3.05, 3.63) is 58.4 Å². The van der Waals surface area contributed by atoms with E-state index in [0.717, 1.165) is 34.6 Å². The third-order valence-electron chi connectivity index (χ3n) is 4.98. The summed E-state index contributed by atoms with van der Waals surface area (Å²) in [4.78, 5) is 13.8. The smallest absolute Gasteiger partial charge is 0.226 e. The summed E-state index contributed by atoms with van der Waals surface area (Å²) < 4.78 is 2.39. The number of aryl methyl sites for hydroxylation is 2. The van der Waals surface area contributed by atoms with Gasteiger partial charge in [0.2, 0.25) is 5.91 Å². The number of hydrogen-bond acceptors (Lipinski definition) is 4. The summed E-state index contributed by atoms with van der Waals surface area (Å²) >= 11 is 7.24. The van der Waals surface area contributed by atoms with Gasteiger partial charge in [-0.05, 0) is 62.3 Å². The first kappa shape index (κ1) is 22.3. The van der Waals surface area contributed by atoms with Gasteiger partial charge in [0.1, 0.15) is 0 Å². The van der Waals surface area contributed by atoms with E-state index >= 15 is 0 Å². The van der Waals surface area contributed by atoms with Crippen LogP contribution in [0.1, 0.15) is 37.8 Å². The van der Waals surface area contributed by atoms with Crippen LogP contribution in [-0.2, 0) is 11.3 Å². The molecule has 0 aliphatic heterocycles. The van der Waals surface area contributed by atoms with E-state index in [2.05, 4.69) is 47.6 Å². The standard InChI is InChI=1S/C23H28N4OS2/c1-5-17(4)30-19-9-10-20(16(3)14-19)24-21(28)11-12-27-22(25-26-23(27)29)18-8-6-7-15(2)13-18/h6-10,13-14,17H,5,11-12H2,1-4H3,(H,24,28)(H,26,29). The molecule has 30 heavy (non-hydrogen) atoms. The fourth-order valence-corrected chi connectivity index (χ4v) is 4.37. The number of thioether (sulfide) groups is 1. The highest BCUT2D eigenvalue weighted by atomic mass is 32.2. The van der Waals surface area contributed by atoms with Crippen LogP contribution in [0.4, 0.5) is 5.69 Å². The van der Waals surface area contributed by atoms with Crippen molar-refractivity contribution >= 4 is 35.6 Å². The Morgan fingerprint density at radius 1 is 1.27 bits per heavy atom. The maximum atomic E-state index is 12.6. The lowest BCUT2D eigenvalue weighted by Crippen LogP contribution is -2.15. The van der Waals surface area contributed by atoms with Crippen molar-refractivity contribution in [3.63, 3.8) is 0 Å². The predicted octanol–water partition coefficient (Wildman–Crippen LogP) is 6.14. The van der Waals surface area contributed by atoms with Crippen molar-refractivity contribution in [3.8, 4) is 11.4 Å². The molecule has 0 aliphatic rings. The maximum Gasteiger partial charge on any atom is 0.226 e. The number of anilines is 1. The number of aromatic nitrogens is 3. The molecule has 158 valence electrons. The van der Waals surface area contributed by atoms with Crippen molar-refractivity contribution in [2.75, 3.05) is 5.32 Å². The Bertz CT molecular complexity index is 1090. The number of hydrogen-bond donors (Lipinski definition) is 2. The lowest BCUT2D eigenvalue weighted by molar-refractivity contribution is -0.116. The Balaban J connectivity index is 1.66. The minimum Gasteiger partial charge on any atom is -0.326 e. The summed E-state index contributed by atoms with van der Waals surface area (Å²) in [5, 5.41) is 10.8. The molecule has 0 bridgehead atoms. The van der Waals surface area contributed by atoms with Gasteiger partial charge in [0, 0.05) is 34.4 Å². The molecular formula is C23H28N4OS2. The van der Waals surface area contributed by atoms with Gasteiger partial charge in [0.15, 0.2) is 10.6 Å². The van der Waals surface area contributed by atoms with Gasteiger partial charge in [0.05, 0.1) is 0 Å².